The van der Waals surface area contributed by atoms with Crippen LogP contribution >= 0.6 is 0 Å². The monoisotopic (exact) mass is 371 g/mol. The van der Waals surface area contributed by atoms with Crippen LogP contribution in [0.2, 0.25) is 0 Å². The molecule has 4 heteroatoms. The van der Waals surface area contributed by atoms with Crippen LogP contribution in [0.4, 0.5) is 5.69 Å². The Hall–Kier alpha value is -3.40. The Kier molecular flexibility index (Phi) is 4.94. The quantitative estimate of drug-likeness (QED) is 0.676. The Balaban J connectivity index is 1.72. The van der Waals surface area contributed by atoms with E-state index in [2.05, 4.69) is 5.32 Å². The lowest BCUT2D eigenvalue weighted by molar-refractivity contribution is 0.0995. The molecule has 0 unspecified atom stereocenters. The van der Waals surface area contributed by atoms with E-state index >= 15 is 0 Å². The number of Topliss-reactive ketones (excluding diaryl/α,β-unsaturated/α-hetero) is 1. The van der Waals surface area contributed by atoms with Gasteiger partial charge in [0.05, 0.1) is 12.3 Å². The molecule has 1 aliphatic carbocycles. The number of carbonyl (C=O) groups excluding carboxylic acids is 2. The summed E-state index contributed by atoms with van der Waals surface area (Å²) in [6, 6.07) is 20.7. The second kappa shape index (κ2) is 7.69. The SMILES string of the molecule is CCOc1cccc(-c2ccc(NC(=O)c3ccccc3)c3c2CCC3=O)c1. The van der Waals surface area contributed by atoms with Crippen molar-refractivity contribution in [1.82, 2.24) is 0 Å². The van der Waals surface area contributed by atoms with E-state index in [0.29, 0.717) is 36.3 Å². The van der Waals surface area contributed by atoms with Gasteiger partial charge in [-0.15, -0.1) is 0 Å². The number of anilines is 1. The zero-order valence-electron chi connectivity index (χ0n) is 15.7. The van der Waals surface area contributed by atoms with Crippen molar-refractivity contribution in [3.63, 3.8) is 0 Å². The van der Waals surface area contributed by atoms with Crippen molar-refractivity contribution < 1.29 is 14.3 Å². The lowest BCUT2D eigenvalue weighted by Crippen LogP contribution is -2.14. The second-order valence-corrected chi connectivity index (χ2v) is 6.72. The fraction of sp³-hybridized carbons (Fsp3) is 0.167. The fourth-order valence-electron chi connectivity index (χ4n) is 3.67. The highest BCUT2D eigenvalue weighted by atomic mass is 16.5. The van der Waals surface area contributed by atoms with Gasteiger partial charge >= 0.3 is 0 Å². The number of carbonyl (C=O) groups is 2. The number of ketones is 1. The number of hydrogen-bond donors (Lipinski definition) is 1. The van der Waals surface area contributed by atoms with Gasteiger partial charge in [-0.05, 0) is 60.4 Å². The lowest BCUT2D eigenvalue weighted by atomic mass is 9.95. The number of amides is 1. The van der Waals surface area contributed by atoms with Gasteiger partial charge < -0.3 is 10.1 Å². The predicted octanol–water partition coefficient (Wildman–Crippen LogP) is 5.13. The van der Waals surface area contributed by atoms with Gasteiger partial charge in [0, 0.05) is 17.5 Å². The van der Waals surface area contributed by atoms with Crippen LogP contribution in [0.3, 0.4) is 0 Å². The van der Waals surface area contributed by atoms with E-state index < -0.39 is 0 Å². The van der Waals surface area contributed by atoms with Crippen LogP contribution < -0.4 is 10.1 Å². The van der Waals surface area contributed by atoms with E-state index in [1.165, 1.54) is 0 Å². The van der Waals surface area contributed by atoms with Crippen LogP contribution in [0.5, 0.6) is 5.75 Å². The minimum absolute atomic E-state index is 0.0705. The van der Waals surface area contributed by atoms with Crippen LogP contribution in [0, 0.1) is 0 Å². The number of benzene rings is 3. The lowest BCUT2D eigenvalue weighted by Gasteiger charge is -2.14. The first-order chi connectivity index (χ1) is 13.7. The molecule has 28 heavy (non-hydrogen) atoms. The summed E-state index contributed by atoms with van der Waals surface area (Å²) in [5.74, 6) is 0.661. The van der Waals surface area contributed by atoms with Gasteiger partial charge in [0.15, 0.2) is 5.78 Å². The zero-order valence-corrected chi connectivity index (χ0v) is 15.7. The van der Waals surface area contributed by atoms with Crippen LogP contribution in [-0.2, 0) is 6.42 Å². The number of hydrogen-bond acceptors (Lipinski definition) is 3. The summed E-state index contributed by atoms with van der Waals surface area (Å²) < 4.78 is 5.61. The maximum atomic E-state index is 12.6. The summed E-state index contributed by atoms with van der Waals surface area (Å²) in [7, 11) is 0. The third-order valence-electron chi connectivity index (χ3n) is 4.93. The normalized spacial score (nSPS) is 12.5. The molecular weight excluding hydrogens is 350 g/mol. The maximum Gasteiger partial charge on any atom is 0.255 e. The number of fused-ring (bicyclic) bond motifs is 1. The number of ether oxygens (including phenoxy) is 1. The number of rotatable bonds is 5. The summed E-state index contributed by atoms with van der Waals surface area (Å²) in [4.78, 5) is 25.1. The highest BCUT2D eigenvalue weighted by molar-refractivity contribution is 6.12. The first kappa shape index (κ1) is 18.0. The highest BCUT2D eigenvalue weighted by Gasteiger charge is 2.27. The fourth-order valence-corrected chi connectivity index (χ4v) is 3.67. The van der Waals surface area contributed by atoms with Gasteiger partial charge in [0.2, 0.25) is 0 Å². The van der Waals surface area contributed by atoms with E-state index in [-0.39, 0.29) is 11.7 Å². The molecule has 1 amide bonds. The van der Waals surface area contributed by atoms with Crippen molar-refractivity contribution in [1.29, 1.82) is 0 Å². The molecule has 0 atom stereocenters. The Labute approximate surface area is 164 Å². The van der Waals surface area contributed by atoms with Gasteiger partial charge in [0.1, 0.15) is 5.75 Å². The topological polar surface area (TPSA) is 55.4 Å². The van der Waals surface area contributed by atoms with Crippen LogP contribution in [0.25, 0.3) is 11.1 Å². The summed E-state index contributed by atoms with van der Waals surface area (Å²) in [6.45, 7) is 2.55. The van der Waals surface area contributed by atoms with E-state index in [9.17, 15) is 9.59 Å². The average molecular weight is 371 g/mol. The van der Waals surface area contributed by atoms with Crippen LogP contribution in [0.15, 0.2) is 66.7 Å². The van der Waals surface area contributed by atoms with Gasteiger partial charge in [-0.2, -0.15) is 0 Å². The van der Waals surface area contributed by atoms with Crippen LogP contribution in [-0.4, -0.2) is 18.3 Å². The molecule has 0 saturated heterocycles. The minimum Gasteiger partial charge on any atom is -0.494 e. The Bertz CT molecular complexity index is 1040. The highest BCUT2D eigenvalue weighted by Crippen LogP contribution is 2.38. The van der Waals surface area contributed by atoms with Crippen molar-refractivity contribution in [3.8, 4) is 16.9 Å². The van der Waals surface area contributed by atoms with Crippen molar-refractivity contribution in [3.05, 3.63) is 83.4 Å². The molecule has 1 aliphatic rings. The van der Waals surface area contributed by atoms with Crippen molar-refractivity contribution in [2.75, 3.05) is 11.9 Å². The van der Waals surface area contributed by atoms with Gasteiger partial charge in [-0.25, -0.2) is 0 Å². The number of nitrogens with one attached hydrogen (secondary N) is 1. The van der Waals surface area contributed by atoms with E-state index in [1.54, 1.807) is 12.1 Å². The van der Waals surface area contributed by atoms with Gasteiger partial charge in [-0.3, -0.25) is 9.59 Å². The minimum atomic E-state index is -0.214. The molecule has 0 fully saturated rings. The van der Waals surface area contributed by atoms with Gasteiger partial charge in [-0.1, -0.05) is 36.4 Å². The van der Waals surface area contributed by atoms with E-state index in [1.807, 2.05) is 61.5 Å². The summed E-state index contributed by atoms with van der Waals surface area (Å²) in [5.41, 5.74) is 4.79. The molecule has 140 valence electrons. The Morgan fingerprint density at radius 3 is 2.61 bits per heavy atom. The molecule has 0 spiro atoms. The molecule has 0 bridgehead atoms. The predicted molar refractivity (Wildman–Crippen MR) is 110 cm³/mol. The molecule has 1 N–H and O–H groups in total. The van der Waals surface area contributed by atoms with Gasteiger partial charge in [0.25, 0.3) is 5.91 Å². The summed E-state index contributed by atoms with van der Waals surface area (Å²) in [6.07, 6.45) is 1.14. The molecule has 0 saturated carbocycles. The van der Waals surface area contributed by atoms with Crippen molar-refractivity contribution in [2.24, 2.45) is 0 Å². The first-order valence-electron chi connectivity index (χ1n) is 9.46. The molecule has 3 aromatic carbocycles. The molecule has 3 aromatic rings. The Morgan fingerprint density at radius 1 is 1.00 bits per heavy atom. The summed E-state index contributed by atoms with van der Waals surface area (Å²) >= 11 is 0. The smallest absolute Gasteiger partial charge is 0.255 e. The third kappa shape index (κ3) is 3.41. The largest absolute Gasteiger partial charge is 0.494 e. The standard InChI is InChI=1S/C24H21NO3/c1-2-28-18-10-6-9-17(15-18)19-11-13-21(23-20(19)12-14-22(23)26)25-24(27)16-7-4-3-5-8-16/h3-11,13,15H,2,12,14H2,1H3,(H,25,27). The Morgan fingerprint density at radius 2 is 1.82 bits per heavy atom. The molecule has 0 heterocycles. The molecular formula is C24H21NO3. The molecule has 0 radical (unpaired) electrons. The van der Waals surface area contributed by atoms with Crippen molar-refractivity contribution in [2.45, 2.75) is 19.8 Å². The third-order valence-corrected chi connectivity index (χ3v) is 4.93. The van der Waals surface area contributed by atoms with E-state index in [4.69, 9.17) is 4.74 Å². The van der Waals surface area contributed by atoms with Crippen LogP contribution in [0.1, 0.15) is 39.6 Å². The second-order valence-electron chi connectivity index (χ2n) is 6.72. The molecule has 0 aliphatic heterocycles. The molecule has 4 rings (SSSR count). The first-order valence-corrected chi connectivity index (χ1v) is 9.46. The average Bonchev–Trinajstić information content (AvgIpc) is 3.11. The molecule has 4 nitrogen and oxygen atoms in total. The summed E-state index contributed by atoms with van der Waals surface area (Å²) in [5, 5.41) is 2.91. The van der Waals surface area contributed by atoms with Crippen molar-refractivity contribution >= 4 is 17.4 Å². The zero-order chi connectivity index (χ0) is 19.5. The van der Waals surface area contributed by atoms with E-state index in [0.717, 1.165) is 22.4 Å². The maximum absolute atomic E-state index is 12.6. The molecule has 0 aromatic heterocycles.